The molecule has 3 N–H and O–H groups in total. The third-order valence-electron chi connectivity index (χ3n) is 3.90. The van der Waals surface area contributed by atoms with Crippen molar-refractivity contribution in [2.75, 3.05) is 32.8 Å². The van der Waals surface area contributed by atoms with Gasteiger partial charge in [-0.2, -0.15) is 13.2 Å². The quantitative estimate of drug-likeness (QED) is 0.175. The van der Waals surface area contributed by atoms with Gasteiger partial charge in [0.1, 0.15) is 6.61 Å². The molecule has 168 valence electrons. The topological polar surface area (TPSA) is 78.8 Å². The van der Waals surface area contributed by atoms with Crippen LogP contribution in [0.4, 0.5) is 13.2 Å². The molecule has 0 saturated carbocycles. The zero-order valence-corrected chi connectivity index (χ0v) is 19.5. The van der Waals surface area contributed by atoms with Gasteiger partial charge in [0.05, 0.1) is 12.1 Å². The fourth-order valence-electron chi connectivity index (χ4n) is 2.65. The van der Waals surface area contributed by atoms with Gasteiger partial charge in [0.15, 0.2) is 5.96 Å². The Balaban J connectivity index is 0.00000784. The van der Waals surface area contributed by atoms with Crippen LogP contribution in [0.1, 0.15) is 39.2 Å². The number of aliphatic hydroxyl groups is 1. The van der Waals surface area contributed by atoms with Crippen molar-refractivity contribution in [1.29, 1.82) is 0 Å². The number of nitrogens with one attached hydrogen (secondary N) is 2. The number of hydrogen-bond donors (Lipinski definition) is 3. The van der Waals surface area contributed by atoms with Gasteiger partial charge in [-0.1, -0.05) is 13.8 Å². The van der Waals surface area contributed by atoms with Crippen molar-refractivity contribution in [3.63, 3.8) is 0 Å². The molecule has 0 fully saturated rings. The maximum absolute atomic E-state index is 12.5. The number of hydrogen-bond acceptors (Lipinski definition) is 4. The highest BCUT2D eigenvalue weighted by molar-refractivity contribution is 14.0. The van der Waals surface area contributed by atoms with Gasteiger partial charge in [-0.15, -0.1) is 24.0 Å². The number of rotatable bonds is 11. The van der Waals surface area contributed by atoms with Crippen LogP contribution >= 0.6 is 24.0 Å². The first-order valence-corrected chi connectivity index (χ1v) is 9.55. The number of pyridine rings is 1. The summed E-state index contributed by atoms with van der Waals surface area (Å²) < 4.78 is 42.9. The summed E-state index contributed by atoms with van der Waals surface area (Å²) in [6, 6.07) is 2.14. The van der Waals surface area contributed by atoms with Crippen LogP contribution in [-0.2, 0) is 6.18 Å². The number of halogens is 4. The number of aliphatic imine (C=N–C) groups is 1. The Morgan fingerprint density at radius 1 is 1.28 bits per heavy atom. The Morgan fingerprint density at radius 2 is 2.00 bits per heavy atom. The molecule has 6 nitrogen and oxygen atoms in total. The van der Waals surface area contributed by atoms with Crippen LogP contribution in [0, 0.1) is 11.8 Å². The summed E-state index contributed by atoms with van der Waals surface area (Å²) in [6.45, 7) is 8.34. The van der Waals surface area contributed by atoms with E-state index < -0.39 is 11.7 Å². The molecular weight excluding hydrogens is 500 g/mol. The molecule has 0 aliphatic carbocycles. The lowest BCUT2D eigenvalue weighted by atomic mass is 9.94. The molecule has 0 aliphatic heterocycles. The molecule has 10 heteroatoms. The van der Waals surface area contributed by atoms with Crippen LogP contribution in [0.3, 0.4) is 0 Å². The predicted molar refractivity (Wildman–Crippen MR) is 119 cm³/mol. The highest BCUT2D eigenvalue weighted by Gasteiger charge is 2.30. The Labute approximate surface area is 187 Å². The van der Waals surface area contributed by atoms with E-state index in [2.05, 4.69) is 34.5 Å². The molecule has 0 radical (unpaired) electrons. The van der Waals surface area contributed by atoms with Gasteiger partial charge in [-0.25, -0.2) is 4.98 Å². The number of ether oxygens (including phenoxy) is 1. The summed E-state index contributed by atoms with van der Waals surface area (Å²) in [7, 11) is 0. The summed E-state index contributed by atoms with van der Waals surface area (Å²) in [5.41, 5.74) is -0.807. The van der Waals surface area contributed by atoms with Crippen LogP contribution in [-0.4, -0.2) is 48.9 Å². The predicted octanol–water partition coefficient (Wildman–Crippen LogP) is 3.70. The van der Waals surface area contributed by atoms with Crippen LogP contribution in [0.2, 0.25) is 0 Å². The molecule has 0 saturated heterocycles. The summed E-state index contributed by atoms with van der Waals surface area (Å²) in [5, 5.41) is 15.5. The van der Waals surface area contributed by atoms with Crippen LogP contribution in [0.25, 0.3) is 0 Å². The number of nitrogens with zero attached hydrogens (tertiary/aromatic N) is 2. The van der Waals surface area contributed by atoms with Gasteiger partial charge in [0.25, 0.3) is 0 Å². The lowest BCUT2D eigenvalue weighted by Gasteiger charge is -2.17. The SMILES string of the molecule is CCNC(=NCC(CCO)CC(C)C)NCCOc1ccc(C(F)(F)F)cn1.I. The Morgan fingerprint density at radius 3 is 2.52 bits per heavy atom. The molecule has 1 aromatic rings. The molecule has 1 aromatic heterocycles. The second-order valence-corrected chi connectivity index (χ2v) is 6.89. The average molecular weight is 532 g/mol. The Hall–Kier alpha value is -1.30. The van der Waals surface area contributed by atoms with E-state index in [0.717, 1.165) is 18.7 Å². The molecule has 1 heterocycles. The molecule has 1 rings (SSSR count). The number of guanidine groups is 1. The standard InChI is InChI=1S/C19H31F3N4O2.HI/c1-4-23-18(26-12-15(7-9-27)11-14(2)3)24-8-10-28-17-6-5-16(13-25-17)19(20,21)22;/h5-6,13-15,27H,4,7-12H2,1-3H3,(H2,23,24,26);1H. The van der Waals surface area contributed by atoms with Gasteiger partial charge in [-0.3, -0.25) is 4.99 Å². The van der Waals surface area contributed by atoms with Gasteiger partial charge in [-0.05, 0) is 37.7 Å². The first-order chi connectivity index (χ1) is 13.3. The fraction of sp³-hybridized carbons (Fsp3) is 0.684. The number of aromatic nitrogens is 1. The molecule has 0 bridgehead atoms. The van der Waals surface area contributed by atoms with Crippen molar-refractivity contribution in [3.8, 4) is 5.88 Å². The average Bonchev–Trinajstić information content (AvgIpc) is 2.62. The van der Waals surface area contributed by atoms with Crippen molar-refractivity contribution in [2.45, 2.75) is 39.8 Å². The Kier molecular flexibility index (Phi) is 14.0. The molecular formula is C19H32F3IN4O2. The zero-order chi connectivity index (χ0) is 21.0. The maximum Gasteiger partial charge on any atom is 0.417 e. The summed E-state index contributed by atoms with van der Waals surface area (Å²) in [5.74, 6) is 1.62. The van der Waals surface area contributed by atoms with Crippen LogP contribution in [0.5, 0.6) is 5.88 Å². The largest absolute Gasteiger partial charge is 0.476 e. The van der Waals surface area contributed by atoms with E-state index in [0.29, 0.717) is 43.9 Å². The molecule has 0 aliphatic rings. The molecule has 0 amide bonds. The molecule has 0 spiro atoms. The summed E-state index contributed by atoms with van der Waals surface area (Å²) >= 11 is 0. The lowest BCUT2D eigenvalue weighted by Crippen LogP contribution is -2.39. The smallest absolute Gasteiger partial charge is 0.417 e. The number of alkyl halides is 3. The summed E-state index contributed by atoms with van der Waals surface area (Å²) in [6.07, 6.45) is -1.95. The molecule has 0 aromatic carbocycles. The van der Waals surface area contributed by atoms with E-state index in [-0.39, 0.29) is 43.1 Å². The van der Waals surface area contributed by atoms with Crippen molar-refractivity contribution < 1.29 is 23.0 Å². The van der Waals surface area contributed by atoms with Crippen molar-refractivity contribution in [1.82, 2.24) is 15.6 Å². The van der Waals surface area contributed by atoms with Crippen LogP contribution < -0.4 is 15.4 Å². The minimum atomic E-state index is -4.41. The molecule has 1 unspecified atom stereocenters. The zero-order valence-electron chi connectivity index (χ0n) is 17.1. The Bertz CT molecular complexity index is 584. The lowest BCUT2D eigenvalue weighted by molar-refractivity contribution is -0.137. The van der Waals surface area contributed by atoms with Crippen molar-refractivity contribution >= 4 is 29.9 Å². The van der Waals surface area contributed by atoms with Crippen molar-refractivity contribution in [3.05, 3.63) is 23.9 Å². The first-order valence-electron chi connectivity index (χ1n) is 9.55. The summed E-state index contributed by atoms with van der Waals surface area (Å²) in [4.78, 5) is 8.22. The normalized spacial score (nSPS) is 13.0. The van der Waals surface area contributed by atoms with Gasteiger partial charge < -0.3 is 20.5 Å². The van der Waals surface area contributed by atoms with Gasteiger partial charge in [0.2, 0.25) is 5.88 Å². The highest BCUT2D eigenvalue weighted by atomic mass is 127. The van der Waals surface area contributed by atoms with Crippen molar-refractivity contribution in [2.24, 2.45) is 16.8 Å². The molecule has 29 heavy (non-hydrogen) atoms. The highest BCUT2D eigenvalue weighted by Crippen LogP contribution is 2.29. The third kappa shape index (κ3) is 12.1. The van der Waals surface area contributed by atoms with E-state index in [1.807, 2.05) is 6.92 Å². The van der Waals surface area contributed by atoms with Gasteiger partial charge >= 0.3 is 6.18 Å². The minimum absolute atomic E-state index is 0. The fourth-order valence-corrected chi connectivity index (χ4v) is 2.65. The van der Waals surface area contributed by atoms with E-state index in [4.69, 9.17) is 4.74 Å². The molecule has 1 atom stereocenters. The monoisotopic (exact) mass is 532 g/mol. The second kappa shape index (κ2) is 14.6. The van der Waals surface area contributed by atoms with E-state index in [9.17, 15) is 18.3 Å². The van der Waals surface area contributed by atoms with E-state index in [1.165, 1.54) is 6.07 Å². The van der Waals surface area contributed by atoms with Crippen LogP contribution in [0.15, 0.2) is 23.3 Å². The minimum Gasteiger partial charge on any atom is -0.476 e. The first kappa shape index (κ1) is 27.7. The van der Waals surface area contributed by atoms with E-state index in [1.54, 1.807) is 0 Å². The maximum atomic E-state index is 12.5. The second-order valence-electron chi connectivity index (χ2n) is 6.89. The van der Waals surface area contributed by atoms with Gasteiger partial charge in [0, 0.05) is 32.0 Å². The van der Waals surface area contributed by atoms with E-state index >= 15 is 0 Å². The number of aliphatic hydroxyl groups excluding tert-OH is 1. The third-order valence-corrected chi connectivity index (χ3v) is 3.90.